The quantitative estimate of drug-likeness (QED) is 0.654. The fourth-order valence-corrected chi connectivity index (χ4v) is 3.63. The third kappa shape index (κ3) is 7.31. The van der Waals surface area contributed by atoms with Gasteiger partial charge < -0.3 is 15.5 Å². The van der Waals surface area contributed by atoms with Gasteiger partial charge >= 0.3 is 0 Å². The van der Waals surface area contributed by atoms with Gasteiger partial charge in [-0.3, -0.25) is 14.5 Å². The molecule has 31 heavy (non-hydrogen) atoms. The number of halogens is 2. The lowest BCUT2D eigenvalue weighted by atomic mass is 10.1. The number of nitrogens with one attached hydrogen (secondary N) is 2. The van der Waals surface area contributed by atoms with Crippen LogP contribution in [0.1, 0.15) is 27.9 Å². The Kier molecular flexibility index (Phi) is 8.40. The number of likely N-dealkylation sites (N-methyl/N-ethyl adjacent to an activating group) is 1. The van der Waals surface area contributed by atoms with E-state index >= 15 is 0 Å². The van der Waals surface area contributed by atoms with Crippen molar-refractivity contribution in [3.05, 3.63) is 70.0 Å². The van der Waals surface area contributed by atoms with E-state index in [4.69, 9.17) is 11.6 Å². The minimum Gasteiger partial charge on any atom is -0.352 e. The molecule has 6 nitrogen and oxygen atoms in total. The highest BCUT2D eigenvalue weighted by molar-refractivity contribution is 6.33. The average molecular weight is 447 g/mol. The minimum atomic E-state index is -0.506. The summed E-state index contributed by atoms with van der Waals surface area (Å²) >= 11 is 5.87. The van der Waals surface area contributed by atoms with E-state index in [-0.39, 0.29) is 29.5 Å². The maximum atomic E-state index is 13.1. The van der Waals surface area contributed by atoms with Crippen LogP contribution in [0.2, 0.25) is 5.02 Å². The van der Waals surface area contributed by atoms with Gasteiger partial charge in [0.2, 0.25) is 5.91 Å². The first-order valence-electron chi connectivity index (χ1n) is 10.4. The SMILES string of the molecule is CN1CCN(Cc2ccc(CNC(=O)CCNC(=O)c3ccc(F)cc3Cl)cc2)CC1. The van der Waals surface area contributed by atoms with E-state index in [1.165, 1.54) is 17.7 Å². The molecule has 0 radical (unpaired) electrons. The number of hydrogen-bond donors (Lipinski definition) is 2. The summed E-state index contributed by atoms with van der Waals surface area (Å²) in [5.41, 5.74) is 2.47. The third-order valence-electron chi connectivity index (χ3n) is 5.33. The second-order valence-corrected chi connectivity index (χ2v) is 8.21. The minimum absolute atomic E-state index is 0.0398. The smallest absolute Gasteiger partial charge is 0.252 e. The summed E-state index contributed by atoms with van der Waals surface area (Å²) in [5.74, 6) is -1.10. The summed E-state index contributed by atoms with van der Waals surface area (Å²) in [4.78, 5) is 28.9. The first-order chi connectivity index (χ1) is 14.9. The Balaban J connectivity index is 1.36. The lowest BCUT2D eigenvalue weighted by Crippen LogP contribution is -2.43. The number of carbonyl (C=O) groups is 2. The zero-order valence-electron chi connectivity index (χ0n) is 17.7. The highest BCUT2D eigenvalue weighted by Crippen LogP contribution is 2.17. The van der Waals surface area contributed by atoms with Gasteiger partial charge in [-0.05, 0) is 36.4 Å². The van der Waals surface area contributed by atoms with E-state index in [1.807, 2.05) is 12.1 Å². The van der Waals surface area contributed by atoms with Gasteiger partial charge in [-0.1, -0.05) is 35.9 Å². The first-order valence-corrected chi connectivity index (χ1v) is 10.8. The van der Waals surface area contributed by atoms with Gasteiger partial charge in [0.15, 0.2) is 0 Å². The second kappa shape index (κ2) is 11.2. The molecule has 1 fully saturated rings. The molecule has 1 aliphatic rings. The molecule has 0 aromatic heterocycles. The fourth-order valence-electron chi connectivity index (χ4n) is 3.37. The number of nitrogens with zero attached hydrogens (tertiary/aromatic N) is 2. The summed E-state index contributed by atoms with van der Waals surface area (Å²) in [5, 5.41) is 5.52. The topological polar surface area (TPSA) is 64.7 Å². The Hall–Kier alpha value is -2.48. The number of carbonyl (C=O) groups excluding carboxylic acids is 2. The van der Waals surface area contributed by atoms with E-state index in [0.717, 1.165) is 44.4 Å². The van der Waals surface area contributed by atoms with Crippen LogP contribution in [0.15, 0.2) is 42.5 Å². The highest BCUT2D eigenvalue weighted by atomic mass is 35.5. The van der Waals surface area contributed by atoms with Gasteiger partial charge in [0.1, 0.15) is 5.82 Å². The Morgan fingerprint density at radius 3 is 2.35 bits per heavy atom. The molecule has 1 heterocycles. The van der Waals surface area contributed by atoms with Gasteiger partial charge in [0, 0.05) is 52.2 Å². The average Bonchev–Trinajstić information content (AvgIpc) is 2.75. The van der Waals surface area contributed by atoms with Crippen LogP contribution in [0.4, 0.5) is 4.39 Å². The predicted molar refractivity (Wildman–Crippen MR) is 119 cm³/mol. The molecule has 2 aromatic rings. The Morgan fingerprint density at radius 1 is 1.00 bits per heavy atom. The molecule has 1 saturated heterocycles. The molecule has 166 valence electrons. The summed E-state index contributed by atoms with van der Waals surface area (Å²) < 4.78 is 13.1. The lowest BCUT2D eigenvalue weighted by Gasteiger charge is -2.32. The number of benzene rings is 2. The van der Waals surface area contributed by atoms with Gasteiger partial charge in [-0.2, -0.15) is 0 Å². The van der Waals surface area contributed by atoms with Crippen molar-refractivity contribution >= 4 is 23.4 Å². The first kappa shape index (κ1) is 23.2. The van der Waals surface area contributed by atoms with Gasteiger partial charge in [0.05, 0.1) is 10.6 Å². The van der Waals surface area contributed by atoms with Crippen molar-refractivity contribution in [3.8, 4) is 0 Å². The molecular weight excluding hydrogens is 419 g/mol. The number of rotatable bonds is 8. The maximum absolute atomic E-state index is 13.1. The predicted octanol–water partition coefficient (Wildman–Crippen LogP) is 2.66. The molecule has 2 N–H and O–H groups in total. The van der Waals surface area contributed by atoms with Crippen molar-refractivity contribution in [1.29, 1.82) is 0 Å². The molecule has 0 aliphatic carbocycles. The molecule has 3 rings (SSSR count). The zero-order chi connectivity index (χ0) is 22.2. The second-order valence-electron chi connectivity index (χ2n) is 7.80. The van der Waals surface area contributed by atoms with E-state index in [2.05, 4.69) is 39.6 Å². The Labute approximate surface area is 187 Å². The van der Waals surface area contributed by atoms with Crippen LogP contribution in [0.25, 0.3) is 0 Å². The zero-order valence-corrected chi connectivity index (χ0v) is 18.4. The fraction of sp³-hybridized carbons (Fsp3) is 0.391. The Morgan fingerprint density at radius 2 is 1.68 bits per heavy atom. The van der Waals surface area contributed by atoms with Crippen molar-refractivity contribution in [3.63, 3.8) is 0 Å². The molecule has 0 atom stereocenters. The van der Waals surface area contributed by atoms with Crippen LogP contribution in [-0.4, -0.2) is 61.4 Å². The van der Waals surface area contributed by atoms with Crippen LogP contribution in [0, 0.1) is 5.82 Å². The summed E-state index contributed by atoms with van der Waals surface area (Å²) in [6, 6.07) is 11.8. The van der Waals surface area contributed by atoms with Crippen molar-refractivity contribution in [2.24, 2.45) is 0 Å². The van der Waals surface area contributed by atoms with Crippen LogP contribution in [0.5, 0.6) is 0 Å². The summed E-state index contributed by atoms with van der Waals surface area (Å²) in [6.07, 6.45) is 0.145. The van der Waals surface area contributed by atoms with E-state index in [0.29, 0.717) is 6.54 Å². The molecule has 2 amide bonds. The van der Waals surface area contributed by atoms with E-state index < -0.39 is 11.7 Å². The van der Waals surface area contributed by atoms with Gasteiger partial charge in [0.25, 0.3) is 5.91 Å². The van der Waals surface area contributed by atoms with Crippen LogP contribution < -0.4 is 10.6 Å². The van der Waals surface area contributed by atoms with Gasteiger partial charge in [-0.15, -0.1) is 0 Å². The van der Waals surface area contributed by atoms with Crippen molar-refractivity contribution < 1.29 is 14.0 Å². The van der Waals surface area contributed by atoms with Crippen LogP contribution in [-0.2, 0) is 17.9 Å². The summed E-state index contributed by atoms with van der Waals surface area (Å²) in [6.45, 7) is 5.91. The van der Waals surface area contributed by atoms with Crippen molar-refractivity contribution in [1.82, 2.24) is 20.4 Å². The van der Waals surface area contributed by atoms with Gasteiger partial charge in [-0.25, -0.2) is 4.39 Å². The Bertz CT molecular complexity index is 899. The largest absolute Gasteiger partial charge is 0.352 e. The monoisotopic (exact) mass is 446 g/mol. The molecular formula is C23H28ClFN4O2. The number of piperazine rings is 1. The van der Waals surface area contributed by atoms with Crippen LogP contribution >= 0.6 is 11.6 Å². The molecule has 0 bridgehead atoms. The third-order valence-corrected chi connectivity index (χ3v) is 5.64. The maximum Gasteiger partial charge on any atom is 0.252 e. The molecule has 1 aliphatic heterocycles. The van der Waals surface area contributed by atoms with Crippen LogP contribution in [0.3, 0.4) is 0 Å². The van der Waals surface area contributed by atoms with E-state index in [1.54, 1.807) is 0 Å². The number of amides is 2. The van der Waals surface area contributed by atoms with Crippen molar-refractivity contribution in [2.45, 2.75) is 19.5 Å². The molecule has 0 saturated carbocycles. The standard InChI is InChI=1S/C23H28ClFN4O2/c1-28-10-12-29(13-11-28)16-18-4-2-17(3-5-18)15-27-22(30)8-9-26-23(31)20-7-6-19(25)14-21(20)24/h2-7,14H,8-13,15-16H2,1H3,(H,26,31)(H,27,30). The molecule has 2 aromatic carbocycles. The number of hydrogen-bond acceptors (Lipinski definition) is 4. The lowest BCUT2D eigenvalue weighted by molar-refractivity contribution is -0.121. The molecule has 0 spiro atoms. The normalized spacial score (nSPS) is 14.9. The highest BCUT2D eigenvalue weighted by Gasteiger charge is 2.14. The van der Waals surface area contributed by atoms with Crippen molar-refractivity contribution in [2.75, 3.05) is 39.8 Å². The molecule has 0 unspecified atom stereocenters. The van der Waals surface area contributed by atoms with E-state index in [9.17, 15) is 14.0 Å². The molecule has 8 heteroatoms. The summed E-state index contributed by atoms with van der Waals surface area (Å²) in [7, 11) is 2.15.